The second-order valence-electron chi connectivity index (χ2n) is 10.0. The Morgan fingerprint density at radius 2 is 1.88 bits per heavy atom. The van der Waals surface area contributed by atoms with Crippen LogP contribution in [0.15, 0.2) is 52.0 Å². The number of likely N-dealkylation sites (N-methyl/N-ethyl adjacent to an activating group) is 2. The van der Waals surface area contributed by atoms with Gasteiger partial charge in [-0.25, -0.2) is 4.79 Å². The highest BCUT2D eigenvalue weighted by Gasteiger charge is 2.34. The van der Waals surface area contributed by atoms with Crippen molar-refractivity contribution in [3.05, 3.63) is 64.9 Å². The molecule has 0 saturated heterocycles. The number of rotatable bonds is 12. The number of amidine groups is 1. The molecule has 1 aliphatic rings. The van der Waals surface area contributed by atoms with Gasteiger partial charge in [-0.3, -0.25) is 14.9 Å². The molecule has 4 amide bonds. The van der Waals surface area contributed by atoms with Crippen LogP contribution in [0, 0.1) is 0 Å². The molecule has 1 unspecified atom stereocenters. The zero-order chi connectivity index (χ0) is 30.4. The monoisotopic (exact) mass is 578 g/mol. The average molecular weight is 579 g/mol. The van der Waals surface area contributed by atoms with E-state index in [-0.39, 0.29) is 18.2 Å². The highest BCUT2D eigenvalue weighted by Crippen LogP contribution is 2.32. The normalized spacial score (nSPS) is 13.9. The first-order valence-electron chi connectivity index (χ1n) is 14.0. The molecular formula is C30H38N6O6. The first-order chi connectivity index (χ1) is 20.2. The minimum absolute atomic E-state index is 0.0417. The summed E-state index contributed by atoms with van der Waals surface area (Å²) < 4.78 is 11.3. The van der Waals surface area contributed by atoms with E-state index in [1.54, 1.807) is 30.3 Å². The Morgan fingerprint density at radius 1 is 1.12 bits per heavy atom. The van der Waals surface area contributed by atoms with Crippen LogP contribution < -0.4 is 15.8 Å². The lowest BCUT2D eigenvalue weighted by molar-refractivity contribution is -0.122. The van der Waals surface area contributed by atoms with Gasteiger partial charge in [0.15, 0.2) is 5.84 Å². The second-order valence-corrected chi connectivity index (χ2v) is 10.0. The van der Waals surface area contributed by atoms with E-state index in [9.17, 15) is 19.6 Å². The first-order valence-corrected chi connectivity index (χ1v) is 14.0. The Labute approximate surface area is 244 Å². The van der Waals surface area contributed by atoms with Crippen LogP contribution in [0.1, 0.15) is 53.9 Å². The van der Waals surface area contributed by atoms with Crippen molar-refractivity contribution in [2.45, 2.75) is 33.2 Å². The molecule has 4 rings (SSSR count). The molecule has 0 bridgehead atoms. The molecule has 4 N–H and O–H groups in total. The Morgan fingerprint density at radius 3 is 2.52 bits per heavy atom. The second kappa shape index (κ2) is 13.4. The van der Waals surface area contributed by atoms with E-state index in [0.29, 0.717) is 53.3 Å². The number of hydrogen-bond donors (Lipinski definition) is 3. The Bertz CT molecular complexity index is 1480. The summed E-state index contributed by atoms with van der Waals surface area (Å²) >= 11 is 0. The van der Waals surface area contributed by atoms with Crippen LogP contribution in [0.4, 0.5) is 4.79 Å². The molecule has 0 spiro atoms. The summed E-state index contributed by atoms with van der Waals surface area (Å²) in [5.41, 5.74) is 7.73. The molecule has 42 heavy (non-hydrogen) atoms. The van der Waals surface area contributed by atoms with Gasteiger partial charge in [0.2, 0.25) is 5.91 Å². The number of benzene rings is 2. The minimum atomic E-state index is -1.01. The molecule has 0 radical (unpaired) electrons. The number of urea groups is 1. The number of oxime groups is 1. The fraction of sp³-hybridized carbons (Fsp3) is 0.400. The number of nitrogens with one attached hydrogen (secondary N) is 1. The smallest absolute Gasteiger partial charge is 0.318 e. The van der Waals surface area contributed by atoms with Crippen LogP contribution in [-0.2, 0) is 11.3 Å². The molecule has 0 saturated carbocycles. The van der Waals surface area contributed by atoms with Crippen LogP contribution in [0.5, 0.6) is 5.75 Å². The molecule has 0 fully saturated rings. The zero-order valence-electron chi connectivity index (χ0n) is 24.4. The summed E-state index contributed by atoms with van der Waals surface area (Å²) in [6, 6.07) is 11.3. The molecule has 1 aliphatic heterocycles. The first kappa shape index (κ1) is 30.4. The van der Waals surface area contributed by atoms with Crippen LogP contribution in [-0.4, -0.2) is 90.0 Å². The standard InChI is InChI=1S/C30H38N6O6/c1-5-34(6-2)12-13-35(7-3)27(33-40)19-9-11-25-21(14-19)15-26(42-25)24(28(37)32-30(31)39)18-36-17-20-8-10-22(41-4)16-23(20)29(36)38/h8-11,14-16,24,40H,5-7,12-13,17-18H2,1-4H3,(H3,31,32,37,39). The third kappa shape index (κ3) is 6.49. The summed E-state index contributed by atoms with van der Waals surface area (Å²) in [5.74, 6) is -0.713. The average Bonchev–Trinajstić information content (AvgIpc) is 3.54. The third-order valence-electron chi connectivity index (χ3n) is 7.66. The van der Waals surface area contributed by atoms with Crippen LogP contribution in [0.25, 0.3) is 11.0 Å². The van der Waals surface area contributed by atoms with E-state index in [4.69, 9.17) is 14.9 Å². The number of nitrogens with two attached hydrogens (primary N) is 1. The number of primary amides is 1. The van der Waals surface area contributed by atoms with Gasteiger partial charge in [0, 0.05) is 49.2 Å². The molecule has 1 aromatic heterocycles. The largest absolute Gasteiger partial charge is 0.497 e. The van der Waals surface area contributed by atoms with E-state index in [2.05, 4.69) is 29.2 Å². The lowest BCUT2D eigenvalue weighted by atomic mass is 10.0. The Hall–Kier alpha value is -4.58. The molecule has 12 heteroatoms. The number of fused-ring (bicyclic) bond motifs is 2. The van der Waals surface area contributed by atoms with Gasteiger partial charge in [0.25, 0.3) is 5.91 Å². The van der Waals surface area contributed by atoms with E-state index >= 15 is 0 Å². The van der Waals surface area contributed by atoms with Crippen molar-refractivity contribution in [3.8, 4) is 5.75 Å². The summed E-state index contributed by atoms with van der Waals surface area (Å²) in [6.45, 7) is 10.5. The van der Waals surface area contributed by atoms with Crippen molar-refractivity contribution in [2.24, 2.45) is 10.9 Å². The van der Waals surface area contributed by atoms with Crippen LogP contribution in [0.2, 0.25) is 0 Å². The molecule has 3 aromatic rings. The molecule has 2 aromatic carbocycles. The number of carbonyl (C=O) groups excluding carboxylic acids is 3. The highest BCUT2D eigenvalue weighted by atomic mass is 16.5. The third-order valence-corrected chi connectivity index (χ3v) is 7.66. The number of methoxy groups -OCH3 is 1. The van der Waals surface area contributed by atoms with E-state index in [1.807, 2.05) is 24.0 Å². The van der Waals surface area contributed by atoms with Gasteiger partial charge in [0.1, 0.15) is 23.0 Å². The Kier molecular flexibility index (Phi) is 9.68. The summed E-state index contributed by atoms with van der Waals surface area (Å²) in [4.78, 5) is 43.7. The van der Waals surface area contributed by atoms with E-state index in [1.165, 1.54) is 12.0 Å². The fourth-order valence-electron chi connectivity index (χ4n) is 5.24. The minimum Gasteiger partial charge on any atom is -0.497 e. The molecule has 224 valence electrons. The summed E-state index contributed by atoms with van der Waals surface area (Å²) in [5, 5.41) is 16.3. The predicted octanol–water partition coefficient (Wildman–Crippen LogP) is 3.18. The number of carbonyl (C=O) groups is 3. The number of hydrogen-bond acceptors (Lipinski definition) is 8. The molecule has 1 atom stereocenters. The van der Waals surface area contributed by atoms with Gasteiger partial charge in [-0.2, -0.15) is 0 Å². The topological polar surface area (TPSA) is 154 Å². The summed E-state index contributed by atoms with van der Waals surface area (Å²) in [7, 11) is 1.53. The quantitative estimate of drug-likeness (QED) is 0.128. The van der Waals surface area contributed by atoms with E-state index in [0.717, 1.165) is 25.2 Å². The number of imide groups is 1. The van der Waals surface area contributed by atoms with E-state index < -0.39 is 17.9 Å². The maximum absolute atomic E-state index is 13.2. The van der Waals surface area contributed by atoms with Crippen molar-refractivity contribution in [2.75, 3.05) is 46.4 Å². The van der Waals surface area contributed by atoms with Gasteiger partial charge < -0.3 is 34.8 Å². The summed E-state index contributed by atoms with van der Waals surface area (Å²) in [6.07, 6.45) is 0. The van der Waals surface area contributed by atoms with Gasteiger partial charge in [-0.05, 0) is 62.0 Å². The van der Waals surface area contributed by atoms with Gasteiger partial charge in [-0.1, -0.05) is 25.1 Å². The highest BCUT2D eigenvalue weighted by molar-refractivity contribution is 6.02. The van der Waals surface area contributed by atoms with Crippen molar-refractivity contribution >= 4 is 34.7 Å². The van der Waals surface area contributed by atoms with Gasteiger partial charge >= 0.3 is 6.03 Å². The number of furan rings is 1. The van der Waals surface area contributed by atoms with Crippen molar-refractivity contribution < 1.29 is 28.7 Å². The van der Waals surface area contributed by atoms with Crippen molar-refractivity contribution in [3.63, 3.8) is 0 Å². The zero-order valence-corrected chi connectivity index (χ0v) is 24.4. The Balaban J connectivity index is 1.61. The number of ether oxygens (including phenoxy) is 1. The molecule has 0 aliphatic carbocycles. The number of nitrogens with zero attached hydrogens (tertiary/aromatic N) is 4. The molecule has 2 heterocycles. The lowest BCUT2D eigenvalue weighted by Crippen LogP contribution is -2.42. The lowest BCUT2D eigenvalue weighted by Gasteiger charge is -2.27. The molecular weight excluding hydrogens is 540 g/mol. The van der Waals surface area contributed by atoms with Gasteiger partial charge in [0.05, 0.1) is 7.11 Å². The van der Waals surface area contributed by atoms with Gasteiger partial charge in [-0.15, -0.1) is 0 Å². The number of amides is 4. The van der Waals surface area contributed by atoms with Crippen LogP contribution in [0.3, 0.4) is 0 Å². The van der Waals surface area contributed by atoms with Crippen molar-refractivity contribution in [1.82, 2.24) is 20.0 Å². The predicted molar refractivity (Wildman–Crippen MR) is 158 cm³/mol. The fourth-order valence-corrected chi connectivity index (χ4v) is 5.24. The van der Waals surface area contributed by atoms with Crippen molar-refractivity contribution in [1.29, 1.82) is 0 Å². The SMILES string of the molecule is CCN(CC)CCN(CC)C(=NO)c1ccc2oc(C(CN3Cc4ccc(OC)cc4C3=O)C(=O)NC(N)=O)cc2c1. The molecule has 12 nitrogen and oxygen atoms in total. The van der Waals surface area contributed by atoms with Crippen LogP contribution >= 0.6 is 0 Å². The maximum atomic E-state index is 13.2. The maximum Gasteiger partial charge on any atom is 0.318 e.